The maximum Gasteiger partial charge on any atom is 0.174 e. The van der Waals surface area contributed by atoms with E-state index in [-0.39, 0.29) is 0 Å². The summed E-state index contributed by atoms with van der Waals surface area (Å²) in [6, 6.07) is 5.60. The summed E-state index contributed by atoms with van der Waals surface area (Å²) in [6.45, 7) is 0. The lowest BCUT2D eigenvalue weighted by Crippen LogP contribution is -1.96. The van der Waals surface area contributed by atoms with Crippen LogP contribution < -0.4 is 15.2 Å². The van der Waals surface area contributed by atoms with Gasteiger partial charge in [-0.25, -0.2) is 0 Å². The van der Waals surface area contributed by atoms with Gasteiger partial charge in [0, 0.05) is 18.7 Å². The van der Waals surface area contributed by atoms with Crippen molar-refractivity contribution in [2.75, 3.05) is 20.0 Å². The van der Waals surface area contributed by atoms with Crippen molar-refractivity contribution in [2.24, 2.45) is 7.05 Å². The number of ether oxygens (including phenoxy) is 2. The van der Waals surface area contributed by atoms with Crippen LogP contribution in [-0.4, -0.2) is 24.0 Å². The molecule has 96 valence electrons. The highest BCUT2D eigenvalue weighted by Gasteiger charge is 2.13. The second-order valence-electron chi connectivity index (χ2n) is 3.77. The summed E-state index contributed by atoms with van der Waals surface area (Å²) in [5.74, 6) is 1.91. The monoisotopic (exact) mass is 311 g/mol. The Morgan fingerprint density at radius 2 is 1.94 bits per heavy atom. The third kappa shape index (κ3) is 2.15. The van der Waals surface area contributed by atoms with Gasteiger partial charge in [0.15, 0.2) is 11.5 Å². The molecule has 0 aliphatic rings. The lowest BCUT2D eigenvalue weighted by atomic mass is 10.1. The Bertz CT molecular complexity index is 561. The second-order valence-corrected chi connectivity index (χ2v) is 4.63. The highest BCUT2D eigenvalue weighted by Crippen LogP contribution is 2.39. The summed E-state index contributed by atoms with van der Waals surface area (Å²) in [7, 11) is 5.00. The molecule has 0 saturated heterocycles. The van der Waals surface area contributed by atoms with Gasteiger partial charge in [-0.15, -0.1) is 0 Å². The summed E-state index contributed by atoms with van der Waals surface area (Å²) < 4.78 is 13.0. The van der Waals surface area contributed by atoms with Crippen LogP contribution in [0.2, 0.25) is 0 Å². The molecule has 1 heterocycles. The van der Waals surface area contributed by atoms with E-state index in [1.165, 1.54) is 0 Å². The van der Waals surface area contributed by atoms with Gasteiger partial charge >= 0.3 is 0 Å². The Labute approximate surface area is 114 Å². The van der Waals surface area contributed by atoms with Gasteiger partial charge in [-0.2, -0.15) is 5.10 Å². The first-order valence-corrected chi connectivity index (χ1v) is 6.07. The van der Waals surface area contributed by atoms with Gasteiger partial charge in [0.1, 0.15) is 5.82 Å². The third-order valence-electron chi connectivity index (χ3n) is 2.65. The molecule has 0 aliphatic heterocycles. The number of nitrogen functional groups attached to an aromatic ring is 1. The average molecular weight is 312 g/mol. The maximum atomic E-state index is 5.78. The van der Waals surface area contributed by atoms with Crippen molar-refractivity contribution in [2.45, 2.75) is 0 Å². The van der Waals surface area contributed by atoms with Crippen LogP contribution in [0.1, 0.15) is 0 Å². The molecule has 1 aromatic carbocycles. The Morgan fingerprint density at radius 3 is 2.44 bits per heavy atom. The molecule has 0 bridgehead atoms. The van der Waals surface area contributed by atoms with Crippen LogP contribution in [0.5, 0.6) is 11.5 Å². The zero-order valence-corrected chi connectivity index (χ0v) is 12.0. The van der Waals surface area contributed by atoms with Crippen molar-refractivity contribution in [3.63, 3.8) is 0 Å². The van der Waals surface area contributed by atoms with Crippen LogP contribution in [0.25, 0.3) is 11.3 Å². The molecule has 2 rings (SSSR count). The highest BCUT2D eigenvalue weighted by atomic mass is 79.9. The fourth-order valence-electron chi connectivity index (χ4n) is 1.69. The quantitative estimate of drug-likeness (QED) is 0.945. The number of anilines is 1. The topological polar surface area (TPSA) is 62.3 Å². The first-order valence-electron chi connectivity index (χ1n) is 5.28. The molecule has 1 aromatic heterocycles. The number of aromatic nitrogens is 2. The third-order valence-corrected chi connectivity index (χ3v) is 3.23. The van der Waals surface area contributed by atoms with Crippen molar-refractivity contribution in [1.29, 1.82) is 0 Å². The van der Waals surface area contributed by atoms with E-state index in [0.29, 0.717) is 17.3 Å². The maximum absolute atomic E-state index is 5.78. The van der Waals surface area contributed by atoms with Crippen LogP contribution in [0.4, 0.5) is 5.82 Å². The number of hydrogen-bond donors (Lipinski definition) is 1. The Balaban J connectivity index is 2.55. The van der Waals surface area contributed by atoms with Gasteiger partial charge in [-0.1, -0.05) is 0 Å². The number of nitrogens with two attached hydrogens (primary N) is 1. The molecule has 6 heteroatoms. The van der Waals surface area contributed by atoms with E-state index < -0.39 is 0 Å². The normalized spacial score (nSPS) is 10.4. The van der Waals surface area contributed by atoms with Crippen LogP contribution in [0, 0.1) is 0 Å². The number of nitrogens with zero attached hydrogens (tertiary/aromatic N) is 2. The lowest BCUT2D eigenvalue weighted by molar-refractivity contribution is 0.353. The molecule has 5 nitrogen and oxygen atoms in total. The number of benzene rings is 1. The minimum Gasteiger partial charge on any atom is -0.493 e. The summed E-state index contributed by atoms with van der Waals surface area (Å²) in [5.41, 5.74) is 7.47. The SMILES string of the molecule is COc1cc(-c2cc(N)n(C)n2)cc(Br)c1OC. The number of rotatable bonds is 3. The van der Waals surface area contributed by atoms with Gasteiger partial charge < -0.3 is 15.2 Å². The average Bonchev–Trinajstić information content (AvgIpc) is 2.68. The van der Waals surface area contributed by atoms with E-state index in [1.807, 2.05) is 18.2 Å². The zero-order valence-electron chi connectivity index (χ0n) is 10.4. The van der Waals surface area contributed by atoms with Crippen LogP contribution in [0.15, 0.2) is 22.7 Å². The van der Waals surface area contributed by atoms with Gasteiger partial charge in [0.2, 0.25) is 0 Å². The van der Waals surface area contributed by atoms with Gasteiger partial charge in [0.05, 0.1) is 24.4 Å². The van der Waals surface area contributed by atoms with Crippen LogP contribution in [-0.2, 0) is 7.05 Å². The second kappa shape index (κ2) is 4.89. The van der Waals surface area contributed by atoms with Crippen LogP contribution >= 0.6 is 15.9 Å². The molecule has 0 fully saturated rings. The summed E-state index contributed by atoms with van der Waals surface area (Å²) >= 11 is 3.45. The van der Waals surface area contributed by atoms with Gasteiger partial charge in [-0.3, -0.25) is 4.68 Å². The molecule has 0 spiro atoms. The van der Waals surface area contributed by atoms with Gasteiger partial charge in [0.25, 0.3) is 0 Å². The largest absolute Gasteiger partial charge is 0.493 e. The highest BCUT2D eigenvalue weighted by molar-refractivity contribution is 9.10. The Morgan fingerprint density at radius 1 is 1.22 bits per heavy atom. The molecule has 18 heavy (non-hydrogen) atoms. The zero-order chi connectivity index (χ0) is 13.3. The predicted molar refractivity (Wildman–Crippen MR) is 73.9 cm³/mol. The standard InChI is InChI=1S/C12H14BrN3O2/c1-16-11(14)6-9(15-16)7-4-8(13)12(18-3)10(5-7)17-2/h4-6H,14H2,1-3H3. The number of hydrogen-bond acceptors (Lipinski definition) is 4. The molecule has 2 N–H and O–H groups in total. The fraction of sp³-hybridized carbons (Fsp3) is 0.250. The minimum absolute atomic E-state index is 0.607. The van der Waals surface area contributed by atoms with Crippen molar-refractivity contribution in [3.05, 3.63) is 22.7 Å². The first kappa shape index (κ1) is 12.8. The lowest BCUT2D eigenvalue weighted by Gasteiger charge is -2.10. The number of aryl methyl sites for hydroxylation is 1. The number of methoxy groups -OCH3 is 2. The molecular weight excluding hydrogens is 298 g/mol. The Kier molecular flexibility index (Phi) is 3.47. The number of halogens is 1. The predicted octanol–water partition coefficient (Wildman–Crippen LogP) is 2.45. The van der Waals surface area contributed by atoms with E-state index in [1.54, 1.807) is 25.9 Å². The van der Waals surface area contributed by atoms with Crippen molar-refractivity contribution < 1.29 is 9.47 Å². The molecule has 0 unspecified atom stereocenters. The molecule has 0 aliphatic carbocycles. The molecule has 0 atom stereocenters. The summed E-state index contributed by atoms with van der Waals surface area (Å²) in [6.07, 6.45) is 0. The van der Waals surface area contributed by atoms with E-state index in [0.717, 1.165) is 15.7 Å². The smallest absolute Gasteiger partial charge is 0.174 e. The van der Waals surface area contributed by atoms with Crippen LogP contribution in [0.3, 0.4) is 0 Å². The van der Waals surface area contributed by atoms with Crippen molar-refractivity contribution >= 4 is 21.7 Å². The van der Waals surface area contributed by atoms with E-state index in [2.05, 4.69) is 21.0 Å². The molecule has 0 amide bonds. The first-order chi connectivity index (χ1) is 8.56. The molecule has 0 radical (unpaired) electrons. The fourth-order valence-corrected chi connectivity index (χ4v) is 2.29. The molecule has 0 saturated carbocycles. The minimum atomic E-state index is 0.607. The van der Waals surface area contributed by atoms with Crippen molar-refractivity contribution in [3.8, 4) is 22.8 Å². The summed E-state index contributed by atoms with van der Waals surface area (Å²) in [5, 5.41) is 4.33. The summed E-state index contributed by atoms with van der Waals surface area (Å²) in [4.78, 5) is 0. The van der Waals surface area contributed by atoms with Gasteiger partial charge in [-0.05, 0) is 28.1 Å². The van der Waals surface area contributed by atoms with Crippen molar-refractivity contribution in [1.82, 2.24) is 9.78 Å². The molecule has 2 aromatic rings. The van der Waals surface area contributed by atoms with E-state index in [4.69, 9.17) is 15.2 Å². The van der Waals surface area contributed by atoms with E-state index in [9.17, 15) is 0 Å². The molecular formula is C12H14BrN3O2. The Hall–Kier alpha value is -1.69. The van der Waals surface area contributed by atoms with E-state index >= 15 is 0 Å².